The van der Waals surface area contributed by atoms with Gasteiger partial charge in [0.1, 0.15) is 0 Å². The molecule has 6 nitrogen and oxygen atoms in total. The van der Waals surface area contributed by atoms with Gasteiger partial charge in [-0.15, -0.1) is 0 Å². The largest absolute Gasteiger partial charge is 1.00 e. The summed E-state index contributed by atoms with van der Waals surface area (Å²) in [6, 6.07) is 7.91. The summed E-state index contributed by atoms with van der Waals surface area (Å²) in [4.78, 5) is 23.9. The smallest absolute Gasteiger partial charge is 0.550 e. The van der Waals surface area contributed by atoms with Crippen LogP contribution in [0.2, 0.25) is 0 Å². The number of nitrogens with zero attached hydrogens (tertiary/aromatic N) is 2. The number of hydrogen-bond acceptors (Lipinski definition) is 4. The van der Waals surface area contributed by atoms with Gasteiger partial charge in [0.2, 0.25) is 5.91 Å². The zero-order valence-electron chi connectivity index (χ0n) is 14.4. The Morgan fingerprint density at radius 2 is 1.92 bits per heavy atom. The standard InChI is InChI=1S/C18H21N3O3.Na/c22-17(15-11-5-6-12(9-11)16(15)18(23)24)19-7-8-21-14-4-2-1-3-13(14)10-20-21;/h1-4,10-12,15-16H,5-9H2,(H,19,22)(H,23,24);/q;+1/p-1/t11-,12+,15-,16+;/m1./s1. The molecule has 0 spiro atoms. The maximum absolute atomic E-state index is 12.5. The molecule has 1 N–H and O–H groups in total. The Balaban J connectivity index is 0.00000182. The Hall–Kier alpha value is -1.37. The molecule has 2 bridgehead atoms. The minimum absolute atomic E-state index is 0. The number of carboxylic acid groups (broad SMARTS) is 1. The molecular formula is C18H20N3NaO3. The number of benzene rings is 1. The molecule has 0 unspecified atom stereocenters. The maximum Gasteiger partial charge on any atom is 1.00 e. The van der Waals surface area contributed by atoms with E-state index in [1.165, 1.54) is 0 Å². The van der Waals surface area contributed by atoms with Crippen LogP contribution in [0.1, 0.15) is 19.3 Å². The Labute approximate surface area is 168 Å². The summed E-state index contributed by atoms with van der Waals surface area (Å²) in [6.45, 7) is 1.01. The van der Waals surface area contributed by atoms with E-state index in [0.29, 0.717) is 13.1 Å². The third-order valence-electron chi connectivity index (χ3n) is 5.67. The van der Waals surface area contributed by atoms with Gasteiger partial charge in [-0.3, -0.25) is 9.48 Å². The van der Waals surface area contributed by atoms with E-state index in [1.54, 1.807) is 6.20 Å². The molecule has 4 atom stereocenters. The van der Waals surface area contributed by atoms with Crippen molar-refractivity contribution < 1.29 is 44.3 Å². The van der Waals surface area contributed by atoms with Crippen molar-refractivity contribution >= 4 is 22.8 Å². The van der Waals surface area contributed by atoms with Crippen LogP contribution < -0.4 is 40.0 Å². The van der Waals surface area contributed by atoms with Crippen LogP contribution in [0.3, 0.4) is 0 Å². The van der Waals surface area contributed by atoms with Crippen molar-refractivity contribution in [1.82, 2.24) is 15.1 Å². The van der Waals surface area contributed by atoms with Gasteiger partial charge in [-0.05, 0) is 37.2 Å². The van der Waals surface area contributed by atoms with Crippen molar-refractivity contribution in [3.63, 3.8) is 0 Å². The van der Waals surface area contributed by atoms with Crippen molar-refractivity contribution in [1.29, 1.82) is 0 Å². The molecule has 7 heteroatoms. The number of nitrogens with one attached hydrogen (secondary N) is 1. The summed E-state index contributed by atoms with van der Waals surface area (Å²) < 4.78 is 1.85. The molecule has 0 saturated heterocycles. The molecule has 0 aliphatic heterocycles. The zero-order chi connectivity index (χ0) is 16.7. The van der Waals surface area contributed by atoms with Gasteiger partial charge < -0.3 is 15.2 Å². The average molecular weight is 349 g/mol. The third kappa shape index (κ3) is 3.35. The van der Waals surface area contributed by atoms with Crippen LogP contribution in [-0.4, -0.2) is 28.2 Å². The SMILES string of the molecule is O=C(NCCn1ncc2ccccc21)[C@@H]1[C@@H]2CC[C@@H](C2)[C@@H]1C(=O)[O-].[Na+]. The van der Waals surface area contributed by atoms with Gasteiger partial charge in [0.05, 0.1) is 18.3 Å². The number of carbonyl (C=O) groups excluding carboxylic acids is 2. The number of carbonyl (C=O) groups is 2. The minimum atomic E-state index is -1.07. The second-order valence-electron chi connectivity index (χ2n) is 6.92. The molecule has 4 rings (SSSR count). The summed E-state index contributed by atoms with van der Waals surface area (Å²) in [5, 5.41) is 19.7. The molecule has 2 aliphatic rings. The number of rotatable bonds is 5. The predicted molar refractivity (Wildman–Crippen MR) is 85.6 cm³/mol. The summed E-state index contributed by atoms with van der Waals surface area (Å²) >= 11 is 0. The van der Waals surface area contributed by atoms with E-state index in [1.807, 2.05) is 28.9 Å². The molecule has 2 saturated carbocycles. The van der Waals surface area contributed by atoms with Crippen LogP contribution >= 0.6 is 0 Å². The molecule has 1 aromatic heterocycles. The van der Waals surface area contributed by atoms with Gasteiger partial charge in [0, 0.05) is 29.7 Å². The third-order valence-corrected chi connectivity index (χ3v) is 5.67. The van der Waals surface area contributed by atoms with Gasteiger partial charge >= 0.3 is 29.6 Å². The first-order valence-corrected chi connectivity index (χ1v) is 8.54. The zero-order valence-corrected chi connectivity index (χ0v) is 16.4. The minimum Gasteiger partial charge on any atom is -0.550 e. The topological polar surface area (TPSA) is 87.0 Å². The molecule has 2 fully saturated rings. The molecular weight excluding hydrogens is 329 g/mol. The van der Waals surface area contributed by atoms with Crippen LogP contribution in [0, 0.1) is 23.7 Å². The fraction of sp³-hybridized carbons (Fsp3) is 0.500. The van der Waals surface area contributed by atoms with Crippen LogP contribution in [0.5, 0.6) is 0 Å². The van der Waals surface area contributed by atoms with Gasteiger partial charge in [-0.25, -0.2) is 0 Å². The van der Waals surface area contributed by atoms with E-state index in [0.717, 1.165) is 30.2 Å². The number of hydrogen-bond donors (Lipinski definition) is 1. The number of carboxylic acids is 1. The predicted octanol–water partition coefficient (Wildman–Crippen LogP) is -2.43. The van der Waals surface area contributed by atoms with Crippen LogP contribution in [0.25, 0.3) is 10.9 Å². The molecule has 0 radical (unpaired) electrons. The first-order chi connectivity index (χ1) is 11.6. The monoisotopic (exact) mass is 349 g/mol. The number of aromatic nitrogens is 2. The van der Waals surface area contributed by atoms with Crippen LogP contribution in [0.15, 0.2) is 30.5 Å². The fourth-order valence-electron chi connectivity index (χ4n) is 4.61. The summed E-state index contributed by atoms with van der Waals surface area (Å²) in [5.74, 6) is -1.94. The van der Waals surface area contributed by atoms with Gasteiger partial charge in [0.15, 0.2) is 0 Å². The molecule has 126 valence electrons. The average Bonchev–Trinajstić information content (AvgIpc) is 3.28. The Morgan fingerprint density at radius 1 is 1.20 bits per heavy atom. The molecule has 2 aliphatic carbocycles. The van der Waals surface area contributed by atoms with E-state index >= 15 is 0 Å². The molecule has 2 aromatic rings. The fourth-order valence-corrected chi connectivity index (χ4v) is 4.61. The number of amides is 1. The van der Waals surface area contributed by atoms with Gasteiger partial charge in [-0.1, -0.05) is 18.2 Å². The van der Waals surface area contributed by atoms with Crippen molar-refractivity contribution in [3.8, 4) is 0 Å². The van der Waals surface area contributed by atoms with E-state index in [2.05, 4.69) is 10.4 Å². The van der Waals surface area contributed by atoms with E-state index < -0.39 is 17.8 Å². The van der Waals surface area contributed by atoms with E-state index in [4.69, 9.17) is 0 Å². The van der Waals surface area contributed by atoms with Gasteiger partial charge in [-0.2, -0.15) is 5.10 Å². The van der Waals surface area contributed by atoms with E-state index in [-0.39, 0.29) is 47.3 Å². The van der Waals surface area contributed by atoms with Crippen molar-refractivity contribution in [3.05, 3.63) is 30.5 Å². The normalized spacial score (nSPS) is 27.2. The summed E-state index contributed by atoms with van der Waals surface area (Å²) in [7, 11) is 0. The molecule has 1 heterocycles. The Morgan fingerprint density at radius 3 is 2.68 bits per heavy atom. The molecule has 1 aromatic carbocycles. The van der Waals surface area contributed by atoms with Crippen molar-refractivity contribution in [2.75, 3.05) is 6.54 Å². The first-order valence-electron chi connectivity index (χ1n) is 8.54. The Kier molecular flexibility index (Phi) is 5.51. The first kappa shape index (κ1) is 18.4. The van der Waals surface area contributed by atoms with E-state index in [9.17, 15) is 14.7 Å². The summed E-state index contributed by atoms with van der Waals surface area (Å²) in [6.07, 6.45) is 4.52. The summed E-state index contributed by atoms with van der Waals surface area (Å²) in [5.41, 5.74) is 1.03. The van der Waals surface area contributed by atoms with Crippen LogP contribution in [0.4, 0.5) is 0 Å². The molecule has 25 heavy (non-hydrogen) atoms. The number of fused-ring (bicyclic) bond motifs is 3. The van der Waals surface area contributed by atoms with Crippen molar-refractivity contribution in [2.45, 2.75) is 25.8 Å². The number of para-hydroxylation sites is 1. The second kappa shape index (κ2) is 7.48. The number of aliphatic carboxylic acids is 1. The maximum atomic E-state index is 12.5. The Bertz CT molecular complexity index is 791. The second-order valence-corrected chi connectivity index (χ2v) is 6.92. The van der Waals surface area contributed by atoms with Crippen molar-refractivity contribution in [2.24, 2.45) is 23.7 Å². The van der Waals surface area contributed by atoms with Crippen LogP contribution in [-0.2, 0) is 16.1 Å². The molecule has 1 amide bonds. The van der Waals surface area contributed by atoms with Gasteiger partial charge in [0.25, 0.3) is 0 Å². The quantitative estimate of drug-likeness (QED) is 0.608.